The lowest BCUT2D eigenvalue weighted by atomic mass is 9.96. The van der Waals surface area contributed by atoms with Crippen LogP contribution in [-0.2, 0) is 11.2 Å². The van der Waals surface area contributed by atoms with E-state index in [-0.39, 0.29) is 5.91 Å². The Hall–Kier alpha value is -2.36. The number of amides is 1. The minimum absolute atomic E-state index is 0.187. The Labute approximate surface area is 150 Å². The minimum Gasteiger partial charge on any atom is -0.371 e. The largest absolute Gasteiger partial charge is 0.371 e. The molecule has 0 spiro atoms. The zero-order chi connectivity index (χ0) is 17.3. The van der Waals surface area contributed by atoms with Crippen LogP contribution in [0.1, 0.15) is 31.2 Å². The molecule has 1 fully saturated rings. The summed E-state index contributed by atoms with van der Waals surface area (Å²) in [4.78, 5) is 18.5. The van der Waals surface area contributed by atoms with E-state index < -0.39 is 0 Å². The number of aromatic nitrogens is 1. The fraction of sp³-hybridized carbons (Fsp3) is 0.429. The summed E-state index contributed by atoms with van der Waals surface area (Å²) in [5.74, 6) is 0.781. The number of anilines is 1. The molecule has 1 aromatic carbocycles. The van der Waals surface area contributed by atoms with Gasteiger partial charge in [0.05, 0.1) is 0 Å². The lowest BCUT2D eigenvalue weighted by Crippen LogP contribution is -2.38. The summed E-state index contributed by atoms with van der Waals surface area (Å²) >= 11 is 0. The van der Waals surface area contributed by atoms with Crippen molar-refractivity contribution in [2.75, 3.05) is 24.5 Å². The van der Waals surface area contributed by atoms with Gasteiger partial charge in [0.25, 0.3) is 0 Å². The molecule has 3 rings (SSSR count). The molecule has 0 atom stereocenters. The predicted molar refractivity (Wildman–Crippen MR) is 102 cm³/mol. The van der Waals surface area contributed by atoms with E-state index in [1.807, 2.05) is 30.6 Å². The van der Waals surface area contributed by atoms with Gasteiger partial charge in [-0.05, 0) is 49.3 Å². The van der Waals surface area contributed by atoms with Crippen LogP contribution in [0, 0.1) is 5.92 Å². The number of pyridine rings is 1. The molecule has 2 aromatic rings. The van der Waals surface area contributed by atoms with E-state index in [1.54, 1.807) is 0 Å². The molecule has 0 saturated carbocycles. The Kier molecular flexibility index (Phi) is 6.43. The molecule has 2 heterocycles. The van der Waals surface area contributed by atoms with Gasteiger partial charge >= 0.3 is 0 Å². The van der Waals surface area contributed by atoms with E-state index in [2.05, 4.69) is 39.5 Å². The van der Waals surface area contributed by atoms with Crippen LogP contribution in [-0.4, -0.2) is 30.5 Å². The average Bonchev–Trinajstić information content (AvgIpc) is 2.68. The van der Waals surface area contributed by atoms with Crippen molar-refractivity contribution < 1.29 is 4.79 Å². The number of hydrogen-bond acceptors (Lipinski definition) is 3. The quantitative estimate of drug-likeness (QED) is 0.842. The summed E-state index contributed by atoms with van der Waals surface area (Å²) in [5, 5.41) is 3.13. The maximum Gasteiger partial charge on any atom is 0.220 e. The Morgan fingerprint density at radius 1 is 1.08 bits per heavy atom. The van der Waals surface area contributed by atoms with E-state index >= 15 is 0 Å². The van der Waals surface area contributed by atoms with Gasteiger partial charge in [-0.25, -0.2) is 0 Å². The minimum atomic E-state index is 0.187. The molecule has 1 amide bonds. The normalized spacial score (nSPS) is 15.1. The van der Waals surface area contributed by atoms with Crippen LogP contribution in [0.3, 0.4) is 0 Å². The fourth-order valence-corrected chi connectivity index (χ4v) is 3.39. The Morgan fingerprint density at radius 2 is 1.80 bits per heavy atom. The summed E-state index contributed by atoms with van der Waals surface area (Å²) in [7, 11) is 0. The molecule has 25 heavy (non-hydrogen) atoms. The van der Waals surface area contributed by atoms with Crippen molar-refractivity contribution in [1.29, 1.82) is 0 Å². The van der Waals surface area contributed by atoms with E-state index in [0.29, 0.717) is 12.3 Å². The van der Waals surface area contributed by atoms with Gasteiger partial charge in [0.15, 0.2) is 0 Å². The van der Waals surface area contributed by atoms with Crippen molar-refractivity contribution in [3.05, 3.63) is 60.4 Å². The Balaban J connectivity index is 1.31. The highest BCUT2D eigenvalue weighted by molar-refractivity contribution is 5.75. The summed E-state index contributed by atoms with van der Waals surface area (Å²) in [6.07, 6.45) is 8.45. The van der Waals surface area contributed by atoms with Gasteiger partial charge in [-0.15, -0.1) is 0 Å². The van der Waals surface area contributed by atoms with E-state index in [0.717, 1.165) is 45.3 Å². The molecule has 0 bridgehead atoms. The van der Waals surface area contributed by atoms with Gasteiger partial charge in [-0.2, -0.15) is 0 Å². The highest BCUT2D eigenvalue weighted by Crippen LogP contribution is 2.22. The first-order valence-corrected chi connectivity index (χ1v) is 9.27. The standard InChI is InChI=1S/C21H27N3O/c25-21(8-4-7-18-5-2-1-3-6-18)23-17-19-11-15-24(16-12-19)20-9-13-22-14-10-20/h1-3,5-6,9-10,13-14,19H,4,7-8,11-12,15-17H2,(H,23,25). The number of nitrogens with zero attached hydrogens (tertiary/aromatic N) is 2. The first-order chi connectivity index (χ1) is 12.3. The highest BCUT2D eigenvalue weighted by atomic mass is 16.1. The molecule has 132 valence electrons. The maximum absolute atomic E-state index is 12.0. The van der Waals surface area contributed by atoms with Crippen molar-refractivity contribution in [1.82, 2.24) is 10.3 Å². The molecule has 1 aliphatic heterocycles. The van der Waals surface area contributed by atoms with Gasteiger partial charge in [-0.1, -0.05) is 30.3 Å². The molecule has 0 unspecified atom stereocenters. The van der Waals surface area contributed by atoms with Crippen molar-refractivity contribution >= 4 is 11.6 Å². The van der Waals surface area contributed by atoms with Gasteiger partial charge < -0.3 is 10.2 Å². The number of nitrogens with one attached hydrogen (secondary N) is 1. The molecule has 0 aliphatic carbocycles. The molecule has 4 nitrogen and oxygen atoms in total. The Morgan fingerprint density at radius 3 is 2.52 bits per heavy atom. The third-order valence-electron chi connectivity index (χ3n) is 4.94. The third-order valence-corrected chi connectivity index (χ3v) is 4.94. The third kappa shape index (κ3) is 5.59. The molecule has 0 radical (unpaired) electrons. The first kappa shape index (κ1) is 17.5. The second-order valence-corrected chi connectivity index (χ2v) is 6.78. The zero-order valence-electron chi connectivity index (χ0n) is 14.7. The number of rotatable bonds is 7. The molecule has 1 saturated heterocycles. The first-order valence-electron chi connectivity index (χ1n) is 9.27. The Bertz CT molecular complexity index is 637. The second-order valence-electron chi connectivity index (χ2n) is 6.78. The summed E-state index contributed by atoms with van der Waals surface area (Å²) in [6.45, 7) is 2.92. The van der Waals surface area contributed by atoms with E-state index in [4.69, 9.17) is 0 Å². The number of carbonyl (C=O) groups is 1. The van der Waals surface area contributed by atoms with Crippen LogP contribution in [0.5, 0.6) is 0 Å². The summed E-state index contributed by atoms with van der Waals surface area (Å²) in [5.41, 5.74) is 2.55. The van der Waals surface area contributed by atoms with Crippen LogP contribution in [0.25, 0.3) is 0 Å². The van der Waals surface area contributed by atoms with Gasteiger partial charge in [0.1, 0.15) is 0 Å². The van der Waals surface area contributed by atoms with Crippen LogP contribution < -0.4 is 10.2 Å². The predicted octanol–water partition coefficient (Wildman–Crippen LogP) is 3.44. The lowest BCUT2D eigenvalue weighted by molar-refractivity contribution is -0.121. The zero-order valence-corrected chi connectivity index (χ0v) is 14.7. The van der Waals surface area contributed by atoms with Crippen molar-refractivity contribution in [2.24, 2.45) is 5.92 Å². The smallest absolute Gasteiger partial charge is 0.220 e. The van der Waals surface area contributed by atoms with Crippen LogP contribution >= 0.6 is 0 Å². The molecular weight excluding hydrogens is 310 g/mol. The number of piperidine rings is 1. The van der Waals surface area contributed by atoms with Gasteiger partial charge in [0.2, 0.25) is 5.91 Å². The van der Waals surface area contributed by atoms with Crippen LogP contribution in [0.15, 0.2) is 54.9 Å². The molecular formula is C21H27N3O. The van der Waals surface area contributed by atoms with Crippen molar-refractivity contribution in [3.63, 3.8) is 0 Å². The summed E-state index contributed by atoms with van der Waals surface area (Å²) in [6, 6.07) is 14.5. The molecule has 1 aromatic heterocycles. The second kappa shape index (κ2) is 9.21. The molecule has 1 aliphatic rings. The van der Waals surface area contributed by atoms with Crippen LogP contribution in [0.2, 0.25) is 0 Å². The number of carbonyl (C=O) groups excluding carboxylic acids is 1. The van der Waals surface area contributed by atoms with Crippen molar-refractivity contribution in [2.45, 2.75) is 32.1 Å². The van der Waals surface area contributed by atoms with Crippen LogP contribution in [0.4, 0.5) is 5.69 Å². The molecule has 1 N–H and O–H groups in total. The molecule has 4 heteroatoms. The fourth-order valence-electron chi connectivity index (χ4n) is 3.39. The monoisotopic (exact) mass is 337 g/mol. The van der Waals surface area contributed by atoms with Crippen molar-refractivity contribution in [3.8, 4) is 0 Å². The lowest BCUT2D eigenvalue weighted by Gasteiger charge is -2.33. The topological polar surface area (TPSA) is 45.2 Å². The average molecular weight is 337 g/mol. The van der Waals surface area contributed by atoms with E-state index in [9.17, 15) is 4.79 Å². The highest BCUT2D eigenvalue weighted by Gasteiger charge is 2.19. The maximum atomic E-state index is 12.0. The van der Waals surface area contributed by atoms with Gasteiger partial charge in [0, 0.05) is 44.1 Å². The SMILES string of the molecule is O=C(CCCc1ccccc1)NCC1CCN(c2ccncc2)CC1. The summed E-state index contributed by atoms with van der Waals surface area (Å²) < 4.78 is 0. The number of aryl methyl sites for hydroxylation is 1. The van der Waals surface area contributed by atoms with E-state index in [1.165, 1.54) is 11.3 Å². The number of benzene rings is 1. The number of hydrogen-bond donors (Lipinski definition) is 1. The van der Waals surface area contributed by atoms with Gasteiger partial charge in [-0.3, -0.25) is 9.78 Å².